The summed E-state index contributed by atoms with van der Waals surface area (Å²) in [7, 11) is 0. The average Bonchev–Trinajstić information content (AvgIpc) is 2.90. The predicted molar refractivity (Wildman–Crippen MR) is 86.2 cm³/mol. The van der Waals surface area contributed by atoms with Crippen molar-refractivity contribution < 1.29 is 4.79 Å². The van der Waals surface area contributed by atoms with Crippen molar-refractivity contribution in [1.29, 1.82) is 0 Å². The third-order valence-electron chi connectivity index (χ3n) is 4.59. The van der Waals surface area contributed by atoms with Crippen LogP contribution in [0.5, 0.6) is 0 Å². The lowest BCUT2D eigenvalue weighted by Gasteiger charge is -2.26. The Bertz CT molecular complexity index is 502. The first-order valence-electron chi connectivity index (χ1n) is 8.00. The van der Waals surface area contributed by atoms with Crippen molar-refractivity contribution in [2.24, 2.45) is 5.92 Å². The lowest BCUT2D eigenvalue weighted by Crippen LogP contribution is -2.29. The SMILES string of the molecule is C=CC1CC(=O)N(c2ccc(CN3CCCCC3)cc2)C1. The number of hydrogen-bond donors (Lipinski definition) is 0. The molecular weight excluding hydrogens is 260 g/mol. The molecular formula is C18H24N2O. The molecule has 1 atom stereocenters. The third kappa shape index (κ3) is 3.35. The highest BCUT2D eigenvalue weighted by Crippen LogP contribution is 2.26. The van der Waals surface area contributed by atoms with Gasteiger partial charge in [0.05, 0.1) is 0 Å². The number of carbonyl (C=O) groups is 1. The molecule has 1 unspecified atom stereocenters. The van der Waals surface area contributed by atoms with E-state index in [4.69, 9.17) is 0 Å². The molecule has 2 saturated heterocycles. The van der Waals surface area contributed by atoms with Crippen molar-refractivity contribution in [2.45, 2.75) is 32.2 Å². The van der Waals surface area contributed by atoms with E-state index in [0.717, 1.165) is 18.8 Å². The number of piperidine rings is 1. The molecule has 2 heterocycles. The van der Waals surface area contributed by atoms with Crippen LogP contribution in [-0.4, -0.2) is 30.4 Å². The molecule has 3 heteroatoms. The quantitative estimate of drug-likeness (QED) is 0.793. The summed E-state index contributed by atoms with van der Waals surface area (Å²) >= 11 is 0. The highest BCUT2D eigenvalue weighted by atomic mass is 16.2. The molecule has 3 rings (SSSR count). The van der Waals surface area contributed by atoms with Crippen molar-refractivity contribution in [3.63, 3.8) is 0 Å². The van der Waals surface area contributed by atoms with E-state index in [1.165, 1.54) is 37.9 Å². The van der Waals surface area contributed by atoms with Crippen LogP contribution in [0.15, 0.2) is 36.9 Å². The minimum absolute atomic E-state index is 0.212. The second-order valence-corrected chi connectivity index (χ2v) is 6.21. The number of hydrogen-bond acceptors (Lipinski definition) is 2. The van der Waals surface area contributed by atoms with E-state index in [-0.39, 0.29) is 5.91 Å². The third-order valence-corrected chi connectivity index (χ3v) is 4.59. The van der Waals surface area contributed by atoms with E-state index in [0.29, 0.717) is 12.3 Å². The minimum Gasteiger partial charge on any atom is -0.312 e. The molecule has 0 aromatic heterocycles. The number of likely N-dealkylation sites (tertiary alicyclic amines) is 1. The fraction of sp³-hybridized carbons (Fsp3) is 0.500. The van der Waals surface area contributed by atoms with Crippen LogP contribution in [0.4, 0.5) is 5.69 Å². The first-order chi connectivity index (χ1) is 10.3. The van der Waals surface area contributed by atoms with Crippen molar-refractivity contribution in [2.75, 3.05) is 24.5 Å². The van der Waals surface area contributed by atoms with Crippen LogP contribution in [0.1, 0.15) is 31.2 Å². The second kappa shape index (κ2) is 6.44. The van der Waals surface area contributed by atoms with Gasteiger partial charge in [0.15, 0.2) is 0 Å². The van der Waals surface area contributed by atoms with Crippen LogP contribution in [0.25, 0.3) is 0 Å². The molecule has 0 radical (unpaired) electrons. The first kappa shape index (κ1) is 14.3. The molecule has 21 heavy (non-hydrogen) atoms. The minimum atomic E-state index is 0.212. The average molecular weight is 284 g/mol. The van der Waals surface area contributed by atoms with Gasteiger partial charge in [0.1, 0.15) is 0 Å². The van der Waals surface area contributed by atoms with E-state index in [2.05, 4.69) is 35.7 Å². The van der Waals surface area contributed by atoms with Crippen LogP contribution >= 0.6 is 0 Å². The Kier molecular flexibility index (Phi) is 4.39. The lowest BCUT2D eigenvalue weighted by atomic mass is 10.1. The summed E-state index contributed by atoms with van der Waals surface area (Å²) in [5.74, 6) is 0.509. The summed E-state index contributed by atoms with van der Waals surface area (Å²) < 4.78 is 0. The van der Waals surface area contributed by atoms with Gasteiger partial charge in [-0.3, -0.25) is 9.69 Å². The standard InChI is InChI=1S/C18H24N2O/c1-2-15-12-18(21)20(14-15)17-8-6-16(7-9-17)13-19-10-4-3-5-11-19/h2,6-9,15H,1,3-5,10-14H2. The molecule has 1 aromatic carbocycles. The summed E-state index contributed by atoms with van der Waals surface area (Å²) in [6.45, 7) is 8.03. The smallest absolute Gasteiger partial charge is 0.227 e. The summed E-state index contributed by atoms with van der Waals surface area (Å²) in [6.07, 6.45) is 6.51. The van der Waals surface area contributed by atoms with Crippen LogP contribution in [0, 0.1) is 5.92 Å². The van der Waals surface area contributed by atoms with Gasteiger partial charge in [-0.1, -0.05) is 24.6 Å². The maximum atomic E-state index is 12.0. The number of rotatable bonds is 4. The molecule has 2 fully saturated rings. The lowest BCUT2D eigenvalue weighted by molar-refractivity contribution is -0.117. The van der Waals surface area contributed by atoms with Gasteiger partial charge in [-0.25, -0.2) is 0 Å². The fourth-order valence-electron chi connectivity index (χ4n) is 3.30. The van der Waals surface area contributed by atoms with Gasteiger partial charge in [-0.05, 0) is 43.6 Å². The van der Waals surface area contributed by atoms with Crippen LogP contribution < -0.4 is 4.90 Å². The first-order valence-corrected chi connectivity index (χ1v) is 8.00. The molecule has 2 aliphatic heterocycles. The zero-order valence-corrected chi connectivity index (χ0v) is 12.6. The molecule has 0 spiro atoms. The molecule has 3 nitrogen and oxygen atoms in total. The fourth-order valence-corrected chi connectivity index (χ4v) is 3.30. The zero-order valence-electron chi connectivity index (χ0n) is 12.6. The van der Waals surface area contributed by atoms with E-state index in [9.17, 15) is 4.79 Å². The maximum Gasteiger partial charge on any atom is 0.227 e. The highest BCUT2D eigenvalue weighted by molar-refractivity contribution is 5.95. The second-order valence-electron chi connectivity index (χ2n) is 6.21. The van der Waals surface area contributed by atoms with Crippen molar-refractivity contribution in [3.8, 4) is 0 Å². The van der Waals surface area contributed by atoms with Gasteiger partial charge in [0.2, 0.25) is 5.91 Å². The molecule has 0 N–H and O–H groups in total. The largest absolute Gasteiger partial charge is 0.312 e. The number of nitrogens with zero attached hydrogens (tertiary/aromatic N) is 2. The summed E-state index contributed by atoms with van der Waals surface area (Å²) in [4.78, 5) is 16.4. The summed E-state index contributed by atoms with van der Waals surface area (Å²) in [5, 5.41) is 0. The number of amides is 1. The van der Waals surface area contributed by atoms with Crippen molar-refractivity contribution in [1.82, 2.24) is 4.90 Å². The van der Waals surface area contributed by atoms with E-state index in [1.807, 2.05) is 11.0 Å². The topological polar surface area (TPSA) is 23.6 Å². The number of carbonyl (C=O) groups excluding carboxylic acids is 1. The molecule has 0 bridgehead atoms. The van der Waals surface area contributed by atoms with E-state index in [1.54, 1.807) is 0 Å². The van der Waals surface area contributed by atoms with Crippen LogP contribution in [0.3, 0.4) is 0 Å². The van der Waals surface area contributed by atoms with E-state index < -0.39 is 0 Å². The van der Waals surface area contributed by atoms with Crippen molar-refractivity contribution >= 4 is 11.6 Å². The molecule has 1 aromatic rings. The van der Waals surface area contributed by atoms with Gasteiger partial charge >= 0.3 is 0 Å². The van der Waals surface area contributed by atoms with Gasteiger partial charge in [-0.2, -0.15) is 0 Å². The Morgan fingerprint density at radius 1 is 1.14 bits per heavy atom. The van der Waals surface area contributed by atoms with Gasteiger partial charge < -0.3 is 4.90 Å². The Morgan fingerprint density at radius 2 is 1.86 bits per heavy atom. The normalized spacial score (nSPS) is 23.5. The number of benzene rings is 1. The maximum absolute atomic E-state index is 12.0. The van der Waals surface area contributed by atoms with Crippen LogP contribution in [-0.2, 0) is 11.3 Å². The molecule has 0 aliphatic carbocycles. The summed E-state index contributed by atoms with van der Waals surface area (Å²) in [5.41, 5.74) is 2.36. The molecule has 112 valence electrons. The molecule has 1 amide bonds. The predicted octanol–water partition coefficient (Wildman–Crippen LogP) is 3.21. The molecule has 0 saturated carbocycles. The number of anilines is 1. The van der Waals surface area contributed by atoms with Gasteiger partial charge in [0.25, 0.3) is 0 Å². The molecule has 2 aliphatic rings. The van der Waals surface area contributed by atoms with Gasteiger partial charge in [0, 0.05) is 31.1 Å². The van der Waals surface area contributed by atoms with Crippen molar-refractivity contribution in [3.05, 3.63) is 42.5 Å². The van der Waals surface area contributed by atoms with Crippen LogP contribution in [0.2, 0.25) is 0 Å². The Balaban J connectivity index is 1.63. The Hall–Kier alpha value is -1.61. The monoisotopic (exact) mass is 284 g/mol. The van der Waals surface area contributed by atoms with E-state index >= 15 is 0 Å². The summed E-state index contributed by atoms with van der Waals surface area (Å²) in [6, 6.07) is 8.50. The Labute approximate surface area is 127 Å². The highest BCUT2D eigenvalue weighted by Gasteiger charge is 2.28. The van der Waals surface area contributed by atoms with Gasteiger partial charge in [-0.15, -0.1) is 6.58 Å². The zero-order chi connectivity index (χ0) is 14.7. The Morgan fingerprint density at radius 3 is 2.48 bits per heavy atom.